The zero-order chi connectivity index (χ0) is 26.3. The number of hydrogen-bond donors (Lipinski definition) is 2. The largest absolute Gasteiger partial charge is 0.377 e. The molecule has 2 amide bonds. The molecule has 1 aliphatic rings. The number of pyridine rings is 1. The summed E-state index contributed by atoms with van der Waals surface area (Å²) in [5.41, 5.74) is 3.44. The van der Waals surface area contributed by atoms with Crippen molar-refractivity contribution < 1.29 is 9.53 Å². The van der Waals surface area contributed by atoms with Crippen molar-refractivity contribution >= 4 is 29.3 Å². The van der Waals surface area contributed by atoms with Crippen LogP contribution in [0, 0.1) is 0 Å². The van der Waals surface area contributed by atoms with Gasteiger partial charge < -0.3 is 20.3 Å². The first-order chi connectivity index (χ1) is 18.5. The number of hydrogen-bond acceptors (Lipinski definition) is 8. The number of rotatable bonds is 8. The van der Waals surface area contributed by atoms with Crippen molar-refractivity contribution in [1.29, 1.82) is 0 Å². The summed E-state index contributed by atoms with van der Waals surface area (Å²) >= 11 is 1.71. The van der Waals surface area contributed by atoms with E-state index in [1.165, 1.54) is 0 Å². The van der Waals surface area contributed by atoms with Gasteiger partial charge in [-0.1, -0.05) is 0 Å². The topological polar surface area (TPSA) is 110 Å². The highest BCUT2D eigenvalue weighted by Gasteiger charge is 2.22. The number of aromatic nitrogens is 5. The summed E-state index contributed by atoms with van der Waals surface area (Å²) in [5, 5.41) is 9.82. The fourth-order valence-electron chi connectivity index (χ4n) is 4.12. The Labute approximate surface area is 225 Å². The van der Waals surface area contributed by atoms with Crippen LogP contribution in [0.4, 0.5) is 16.3 Å². The van der Waals surface area contributed by atoms with Gasteiger partial charge in [0.25, 0.3) is 0 Å². The normalized spacial score (nSPS) is 15.3. The summed E-state index contributed by atoms with van der Waals surface area (Å²) < 4.78 is 7.34. The van der Waals surface area contributed by atoms with Crippen molar-refractivity contribution in [3.05, 3.63) is 78.5 Å². The molecule has 1 saturated heterocycles. The third-order valence-corrected chi connectivity index (χ3v) is 7.12. The van der Waals surface area contributed by atoms with Crippen LogP contribution < -0.4 is 15.5 Å². The Kier molecular flexibility index (Phi) is 8.15. The second-order valence-corrected chi connectivity index (χ2v) is 10.1. The molecule has 0 radical (unpaired) electrons. The van der Waals surface area contributed by atoms with Gasteiger partial charge >= 0.3 is 6.03 Å². The van der Waals surface area contributed by atoms with Crippen molar-refractivity contribution in [3.63, 3.8) is 0 Å². The Morgan fingerprint density at radius 3 is 2.71 bits per heavy atom. The minimum atomic E-state index is -0.281. The molecule has 1 aromatic carbocycles. The first-order valence-corrected chi connectivity index (χ1v) is 13.4. The van der Waals surface area contributed by atoms with E-state index in [9.17, 15) is 4.79 Å². The van der Waals surface area contributed by atoms with Crippen LogP contribution in [0.3, 0.4) is 0 Å². The van der Waals surface area contributed by atoms with Crippen LogP contribution in [0.2, 0.25) is 0 Å². The molecule has 1 atom stereocenters. The number of carbonyl (C=O) groups is 1. The van der Waals surface area contributed by atoms with Crippen LogP contribution in [-0.2, 0) is 24.1 Å². The van der Waals surface area contributed by atoms with Gasteiger partial charge in [-0.25, -0.2) is 14.8 Å². The molecule has 1 fully saturated rings. The molecular formula is C27H30N8O2S. The Balaban J connectivity index is 1.31. The number of morpholine rings is 1. The molecule has 38 heavy (non-hydrogen) atoms. The van der Waals surface area contributed by atoms with Crippen molar-refractivity contribution in [2.24, 2.45) is 7.05 Å². The zero-order valence-corrected chi connectivity index (χ0v) is 22.2. The van der Waals surface area contributed by atoms with Gasteiger partial charge in [-0.05, 0) is 43.3 Å². The van der Waals surface area contributed by atoms with Gasteiger partial charge in [-0.3, -0.25) is 9.67 Å². The summed E-state index contributed by atoms with van der Waals surface area (Å²) in [5.74, 6) is 2.26. The van der Waals surface area contributed by atoms with Crippen LogP contribution in [0.15, 0.2) is 72.1 Å². The molecular weight excluding hydrogens is 500 g/mol. The molecule has 3 aromatic heterocycles. The number of nitrogens with zero attached hydrogens (tertiary/aromatic N) is 6. The lowest BCUT2D eigenvalue weighted by Crippen LogP contribution is -2.44. The summed E-state index contributed by atoms with van der Waals surface area (Å²) in [6.45, 7) is 4.67. The minimum absolute atomic E-state index is 0.226. The summed E-state index contributed by atoms with van der Waals surface area (Å²) in [6, 6.07) is 13.6. The molecule has 5 rings (SSSR count). The second kappa shape index (κ2) is 12.1. The lowest BCUT2D eigenvalue weighted by Gasteiger charge is -2.34. The number of aryl methyl sites for hydroxylation is 1. The van der Waals surface area contributed by atoms with Gasteiger partial charge in [0.1, 0.15) is 5.82 Å². The molecule has 196 valence electrons. The summed E-state index contributed by atoms with van der Waals surface area (Å²) in [6.07, 6.45) is 7.18. The lowest BCUT2D eigenvalue weighted by atomic mass is 10.2. The molecule has 0 aliphatic carbocycles. The van der Waals surface area contributed by atoms with Crippen molar-refractivity contribution in [3.8, 4) is 11.4 Å². The van der Waals surface area contributed by atoms with Crippen molar-refractivity contribution in [1.82, 2.24) is 30.0 Å². The maximum atomic E-state index is 12.3. The molecule has 4 heterocycles. The molecule has 0 saturated carbocycles. The number of amides is 2. The third kappa shape index (κ3) is 6.67. The number of urea groups is 1. The molecule has 1 aliphatic heterocycles. The highest BCUT2D eigenvalue weighted by atomic mass is 32.2. The van der Waals surface area contributed by atoms with Crippen molar-refractivity contribution in [2.45, 2.75) is 30.2 Å². The predicted octanol–water partition coefficient (Wildman–Crippen LogP) is 4.11. The van der Waals surface area contributed by atoms with E-state index in [-0.39, 0.29) is 12.1 Å². The van der Waals surface area contributed by atoms with Crippen LogP contribution in [0.25, 0.3) is 11.4 Å². The number of ether oxygens (including phenoxy) is 1. The SMILES string of the molecule is C[C@H]1COCCN1c1cc(CSc2ccncc2)nc(-c2ccc(NC(=O)NCc3cnn(C)c3)cc2)n1. The van der Waals surface area contributed by atoms with E-state index in [1.54, 1.807) is 35.0 Å². The Morgan fingerprint density at radius 2 is 1.97 bits per heavy atom. The Bertz CT molecular complexity index is 1360. The van der Waals surface area contributed by atoms with Crippen LogP contribution >= 0.6 is 11.8 Å². The number of nitrogens with one attached hydrogen (secondary N) is 2. The van der Waals surface area contributed by atoms with Crippen LogP contribution in [0.5, 0.6) is 0 Å². The maximum Gasteiger partial charge on any atom is 0.319 e. The zero-order valence-electron chi connectivity index (χ0n) is 21.4. The third-order valence-electron chi connectivity index (χ3n) is 6.08. The van der Waals surface area contributed by atoms with E-state index in [4.69, 9.17) is 14.7 Å². The highest BCUT2D eigenvalue weighted by molar-refractivity contribution is 7.98. The van der Waals surface area contributed by atoms with E-state index >= 15 is 0 Å². The van der Waals surface area contributed by atoms with Gasteiger partial charge in [0.15, 0.2) is 5.82 Å². The average molecular weight is 531 g/mol. The molecule has 4 aromatic rings. The smallest absolute Gasteiger partial charge is 0.319 e. The Hall–Kier alpha value is -3.96. The van der Waals surface area contributed by atoms with Gasteiger partial charge in [-0.15, -0.1) is 11.8 Å². The van der Waals surface area contributed by atoms with E-state index in [0.29, 0.717) is 37.0 Å². The molecule has 0 unspecified atom stereocenters. The number of benzene rings is 1. The molecule has 0 spiro atoms. The number of anilines is 2. The highest BCUT2D eigenvalue weighted by Crippen LogP contribution is 2.27. The Morgan fingerprint density at radius 1 is 1.16 bits per heavy atom. The van der Waals surface area contributed by atoms with Gasteiger partial charge in [-0.2, -0.15) is 5.10 Å². The average Bonchev–Trinajstić information content (AvgIpc) is 3.37. The van der Waals surface area contributed by atoms with E-state index in [1.807, 2.05) is 49.6 Å². The molecule has 2 N–H and O–H groups in total. The van der Waals surface area contributed by atoms with Gasteiger partial charge in [0, 0.05) is 72.3 Å². The predicted molar refractivity (Wildman–Crippen MR) is 148 cm³/mol. The minimum Gasteiger partial charge on any atom is -0.377 e. The molecule has 11 heteroatoms. The number of carbonyl (C=O) groups excluding carboxylic acids is 1. The summed E-state index contributed by atoms with van der Waals surface area (Å²) in [7, 11) is 1.84. The van der Waals surface area contributed by atoms with Crippen LogP contribution in [-0.4, -0.2) is 56.6 Å². The van der Waals surface area contributed by atoms with Gasteiger partial charge in [0.2, 0.25) is 0 Å². The van der Waals surface area contributed by atoms with E-state index in [2.05, 4.69) is 38.6 Å². The quantitative estimate of drug-likeness (QED) is 0.328. The van der Waals surface area contributed by atoms with E-state index < -0.39 is 0 Å². The second-order valence-electron chi connectivity index (χ2n) is 9.04. The fourth-order valence-corrected chi connectivity index (χ4v) is 4.89. The lowest BCUT2D eigenvalue weighted by molar-refractivity contribution is 0.0985. The maximum absolute atomic E-state index is 12.3. The summed E-state index contributed by atoms with van der Waals surface area (Å²) in [4.78, 5) is 29.6. The van der Waals surface area contributed by atoms with E-state index in [0.717, 1.165) is 34.1 Å². The molecule has 10 nitrogen and oxygen atoms in total. The van der Waals surface area contributed by atoms with Crippen molar-refractivity contribution in [2.75, 3.05) is 30.0 Å². The van der Waals surface area contributed by atoms with Crippen LogP contribution in [0.1, 0.15) is 18.2 Å². The first kappa shape index (κ1) is 25.7. The monoisotopic (exact) mass is 530 g/mol. The van der Waals surface area contributed by atoms with Gasteiger partial charge in [0.05, 0.1) is 31.1 Å². The molecule has 0 bridgehead atoms. The first-order valence-electron chi connectivity index (χ1n) is 12.4. The standard InChI is InChI=1S/C27H30N8O2S/c1-19-17-37-12-11-35(19)25-13-23(18-38-24-7-9-28-10-8-24)31-26(33-25)21-3-5-22(6-4-21)32-27(36)29-14-20-15-30-34(2)16-20/h3-10,13,15-16,19H,11-12,14,17-18H2,1-2H3,(H2,29,32,36)/t19-/m0/s1. The number of thioether (sulfide) groups is 1. The fraction of sp³-hybridized carbons (Fsp3) is 0.296.